The van der Waals surface area contributed by atoms with Gasteiger partial charge in [-0.1, -0.05) is 30.3 Å². The largest absolute Gasteiger partial charge is 0.496 e. The van der Waals surface area contributed by atoms with Crippen molar-refractivity contribution in [2.45, 2.75) is 13.1 Å². The number of rotatable bonds is 6. The summed E-state index contributed by atoms with van der Waals surface area (Å²) in [4.78, 5) is 24.2. The van der Waals surface area contributed by atoms with Crippen molar-refractivity contribution < 1.29 is 13.9 Å². The fraction of sp³-hybridized carbons (Fsp3) is 0.150. The number of halogens is 1. The van der Waals surface area contributed by atoms with E-state index in [1.165, 1.54) is 12.1 Å². The highest BCUT2D eigenvalue weighted by Gasteiger charge is 2.11. The third-order valence-electron chi connectivity index (χ3n) is 3.98. The molecule has 0 unspecified atom stereocenters. The first kappa shape index (κ1) is 18.3. The summed E-state index contributed by atoms with van der Waals surface area (Å²) in [6.45, 7) is -0.233. The van der Waals surface area contributed by atoms with E-state index in [1.54, 1.807) is 37.4 Å². The number of hydrogen-bond donors (Lipinski definition) is 1. The minimum absolute atomic E-state index is 0.0342. The van der Waals surface area contributed by atoms with Gasteiger partial charge in [-0.05, 0) is 24.3 Å². The third-order valence-corrected chi connectivity index (χ3v) is 3.98. The highest BCUT2D eigenvalue weighted by atomic mass is 19.1. The molecule has 1 amide bonds. The van der Waals surface area contributed by atoms with Gasteiger partial charge in [0.05, 0.1) is 12.8 Å². The van der Waals surface area contributed by atoms with Gasteiger partial charge in [-0.15, -0.1) is 0 Å². The van der Waals surface area contributed by atoms with E-state index < -0.39 is 17.3 Å². The molecule has 0 saturated carbocycles. The van der Waals surface area contributed by atoms with Gasteiger partial charge in [0.15, 0.2) is 0 Å². The lowest BCUT2D eigenvalue weighted by Crippen LogP contribution is -2.33. The number of nitrogens with one attached hydrogen (secondary N) is 1. The minimum atomic E-state index is -0.440. The number of carbonyl (C=O) groups excluding carboxylic acids is 1. The molecule has 7 heteroatoms. The van der Waals surface area contributed by atoms with Crippen LogP contribution in [-0.4, -0.2) is 22.8 Å². The normalized spacial score (nSPS) is 10.4. The summed E-state index contributed by atoms with van der Waals surface area (Å²) in [5.41, 5.74) is 1.18. The highest BCUT2D eigenvalue weighted by Crippen LogP contribution is 2.27. The van der Waals surface area contributed by atoms with Crippen LogP contribution < -0.4 is 15.6 Å². The van der Waals surface area contributed by atoms with E-state index >= 15 is 0 Å². The third kappa shape index (κ3) is 4.38. The van der Waals surface area contributed by atoms with E-state index in [0.29, 0.717) is 22.6 Å². The lowest BCUT2D eigenvalue weighted by Gasteiger charge is -2.10. The van der Waals surface area contributed by atoms with Crippen molar-refractivity contribution in [3.8, 4) is 17.0 Å². The van der Waals surface area contributed by atoms with Crippen molar-refractivity contribution in [3.63, 3.8) is 0 Å². The van der Waals surface area contributed by atoms with Gasteiger partial charge < -0.3 is 10.1 Å². The van der Waals surface area contributed by atoms with Crippen LogP contribution in [0.2, 0.25) is 0 Å². The maximum atomic E-state index is 13.6. The van der Waals surface area contributed by atoms with Gasteiger partial charge in [0.1, 0.15) is 18.1 Å². The predicted octanol–water partition coefficient (Wildman–Crippen LogP) is 2.37. The zero-order chi connectivity index (χ0) is 19.2. The van der Waals surface area contributed by atoms with Gasteiger partial charge in [-0.2, -0.15) is 5.10 Å². The standard InChI is InChI=1S/C20H18FN3O3/c1-27-18-9-5-3-7-15(18)17-10-11-20(26)24(23-17)13-19(25)22-12-14-6-2-4-8-16(14)21/h2-11H,12-13H2,1H3,(H,22,25). The van der Waals surface area contributed by atoms with Crippen molar-refractivity contribution in [2.75, 3.05) is 7.11 Å². The molecule has 0 aliphatic rings. The van der Waals surface area contributed by atoms with Gasteiger partial charge in [-0.3, -0.25) is 9.59 Å². The first-order valence-corrected chi connectivity index (χ1v) is 8.30. The van der Waals surface area contributed by atoms with Crippen molar-refractivity contribution in [1.82, 2.24) is 15.1 Å². The smallest absolute Gasteiger partial charge is 0.267 e. The molecule has 0 spiro atoms. The average Bonchev–Trinajstić information content (AvgIpc) is 2.69. The number of methoxy groups -OCH3 is 1. The Kier molecular flexibility index (Phi) is 5.61. The van der Waals surface area contributed by atoms with E-state index in [-0.39, 0.29) is 13.1 Å². The molecule has 27 heavy (non-hydrogen) atoms. The monoisotopic (exact) mass is 367 g/mol. The maximum Gasteiger partial charge on any atom is 0.267 e. The molecule has 0 bridgehead atoms. The van der Waals surface area contributed by atoms with Gasteiger partial charge in [0.2, 0.25) is 5.91 Å². The summed E-state index contributed by atoms with van der Waals surface area (Å²) in [6, 6.07) is 16.4. The van der Waals surface area contributed by atoms with E-state index in [2.05, 4.69) is 10.4 Å². The average molecular weight is 367 g/mol. The van der Waals surface area contributed by atoms with Crippen LogP contribution in [0.15, 0.2) is 65.5 Å². The molecule has 3 rings (SSSR count). The maximum absolute atomic E-state index is 13.6. The summed E-state index contributed by atoms with van der Waals surface area (Å²) < 4.78 is 20.0. The number of carbonyl (C=O) groups is 1. The number of ether oxygens (including phenoxy) is 1. The number of nitrogens with zero attached hydrogens (tertiary/aromatic N) is 2. The van der Waals surface area contributed by atoms with Crippen LogP contribution in [0.3, 0.4) is 0 Å². The Hall–Kier alpha value is -3.48. The van der Waals surface area contributed by atoms with E-state index in [9.17, 15) is 14.0 Å². The Labute approximate surface area is 155 Å². The molecule has 0 radical (unpaired) electrons. The Morgan fingerprint density at radius 3 is 2.63 bits per heavy atom. The lowest BCUT2D eigenvalue weighted by atomic mass is 10.1. The van der Waals surface area contributed by atoms with E-state index in [0.717, 1.165) is 4.68 Å². The predicted molar refractivity (Wildman–Crippen MR) is 98.7 cm³/mol. The quantitative estimate of drug-likeness (QED) is 0.726. The first-order chi connectivity index (χ1) is 13.1. The van der Waals surface area contributed by atoms with Gasteiger partial charge in [0, 0.05) is 23.7 Å². The molecular weight excluding hydrogens is 349 g/mol. The Morgan fingerprint density at radius 2 is 1.85 bits per heavy atom. The van der Waals surface area contributed by atoms with Crippen LogP contribution in [0.4, 0.5) is 4.39 Å². The number of para-hydroxylation sites is 1. The molecule has 0 saturated heterocycles. The van der Waals surface area contributed by atoms with E-state index in [1.807, 2.05) is 18.2 Å². The minimum Gasteiger partial charge on any atom is -0.496 e. The van der Waals surface area contributed by atoms with Crippen LogP contribution in [0.5, 0.6) is 5.75 Å². The fourth-order valence-electron chi connectivity index (χ4n) is 2.59. The second kappa shape index (κ2) is 8.27. The fourth-order valence-corrected chi connectivity index (χ4v) is 2.59. The summed E-state index contributed by atoms with van der Waals surface area (Å²) >= 11 is 0. The Morgan fingerprint density at radius 1 is 1.11 bits per heavy atom. The number of hydrogen-bond acceptors (Lipinski definition) is 4. The number of aromatic nitrogens is 2. The zero-order valence-electron chi connectivity index (χ0n) is 14.7. The van der Waals surface area contributed by atoms with E-state index in [4.69, 9.17) is 4.74 Å². The molecule has 1 N–H and O–H groups in total. The van der Waals surface area contributed by atoms with Crippen LogP contribution >= 0.6 is 0 Å². The van der Waals surface area contributed by atoms with Crippen LogP contribution in [0.25, 0.3) is 11.3 Å². The molecule has 0 atom stereocenters. The van der Waals surface area contributed by atoms with Gasteiger partial charge in [-0.25, -0.2) is 9.07 Å². The first-order valence-electron chi connectivity index (χ1n) is 8.30. The molecular formula is C20H18FN3O3. The molecule has 138 valence electrons. The summed E-state index contributed by atoms with van der Waals surface area (Å²) in [6.07, 6.45) is 0. The van der Waals surface area contributed by atoms with Crippen molar-refractivity contribution >= 4 is 5.91 Å². The van der Waals surface area contributed by atoms with Crippen molar-refractivity contribution in [1.29, 1.82) is 0 Å². The van der Waals surface area contributed by atoms with Crippen molar-refractivity contribution in [2.24, 2.45) is 0 Å². The van der Waals surface area contributed by atoms with Crippen LogP contribution in [0, 0.1) is 5.82 Å². The SMILES string of the molecule is COc1ccccc1-c1ccc(=O)n(CC(=O)NCc2ccccc2F)n1. The molecule has 6 nitrogen and oxygen atoms in total. The van der Waals surface area contributed by atoms with Crippen LogP contribution in [0.1, 0.15) is 5.56 Å². The number of amides is 1. The van der Waals surface area contributed by atoms with Gasteiger partial charge >= 0.3 is 0 Å². The molecule has 1 heterocycles. The zero-order valence-corrected chi connectivity index (χ0v) is 14.7. The second-order valence-electron chi connectivity index (χ2n) is 5.78. The molecule has 0 fully saturated rings. The molecule has 0 aliphatic heterocycles. The summed E-state index contributed by atoms with van der Waals surface area (Å²) in [5, 5.41) is 6.85. The molecule has 3 aromatic rings. The lowest BCUT2D eigenvalue weighted by molar-refractivity contribution is -0.122. The highest BCUT2D eigenvalue weighted by molar-refractivity contribution is 5.75. The molecule has 0 aliphatic carbocycles. The van der Waals surface area contributed by atoms with Crippen LogP contribution in [-0.2, 0) is 17.9 Å². The number of benzene rings is 2. The summed E-state index contributed by atoms with van der Waals surface area (Å²) in [7, 11) is 1.55. The summed E-state index contributed by atoms with van der Waals surface area (Å²) in [5.74, 6) is -0.226. The Balaban J connectivity index is 1.76. The second-order valence-corrected chi connectivity index (χ2v) is 5.78. The van der Waals surface area contributed by atoms with Gasteiger partial charge in [0.25, 0.3) is 5.56 Å². The topological polar surface area (TPSA) is 73.2 Å². The Bertz CT molecular complexity index is 1020. The molecule has 2 aromatic carbocycles. The van der Waals surface area contributed by atoms with Crippen molar-refractivity contribution in [3.05, 3.63) is 82.4 Å². The molecule has 1 aromatic heterocycles.